The molecule has 0 aliphatic carbocycles. The number of anilines is 2. The van der Waals surface area contributed by atoms with Gasteiger partial charge in [-0.05, 0) is 206 Å². The highest BCUT2D eigenvalue weighted by atomic mass is 16.6. The van der Waals surface area contributed by atoms with Crippen molar-refractivity contribution in [2.75, 3.05) is 43.4 Å². The van der Waals surface area contributed by atoms with E-state index in [4.69, 9.17) is 23.7 Å². The number of ether oxygens (including phenoxy) is 5. The molecule has 0 aromatic heterocycles. The van der Waals surface area contributed by atoms with Gasteiger partial charge in [0.1, 0.15) is 51.5 Å². The second-order valence-corrected chi connectivity index (χ2v) is 30.6. The molecule has 2 aromatic carbocycles. The first-order valence-corrected chi connectivity index (χ1v) is 36.6. The van der Waals surface area contributed by atoms with Crippen LogP contribution in [0.3, 0.4) is 0 Å². The molecule has 0 bridgehead atoms. The van der Waals surface area contributed by atoms with Gasteiger partial charge in [0.05, 0.1) is 43.9 Å². The van der Waals surface area contributed by atoms with E-state index in [1.54, 1.807) is 104 Å². The Labute approximate surface area is 627 Å². The molecular weight excluding hydrogens is 1400 g/mol. The summed E-state index contributed by atoms with van der Waals surface area (Å²) in [5.74, 6) is -1.38. The van der Waals surface area contributed by atoms with E-state index < -0.39 is 120 Å². The number of nitro benzene ring substituents is 4. The van der Waals surface area contributed by atoms with Crippen LogP contribution in [0.1, 0.15) is 246 Å². The Hall–Kier alpha value is -9.73. The minimum atomic E-state index is -1.09. The van der Waals surface area contributed by atoms with E-state index in [2.05, 4.69) is 47.9 Å². The second kappa shape index (κ2) is 47.8. The number of alkyl carbamates (subject to hydrolysis) is 5. The number of nitro groups is 4. The molecule has 0 radical (unpaired) electrons. The van der Waals surface area contributed by atoms with Gasteiger partial charge in [0, 0.05) is 57.7 Å². The third-order valence-electron chi connectivity index (χ3n) is 14.9. The van der Waals surface area contributed by atoms with Crippen LogP contribution in [0, 0.1) is 40.5 Å². The van der Waals surface area contributed by atoms with Crippen LogP contribution < -0.4 is 47.9 Å². The maximum Gasteiger partial charge on any atom is 0.408 e. The van der Waals surface area contributed by atoms with E-state index in [0.717, 1.165) is 31.4 Å². The zero-order chi connectivity index (χ0) is 81.3. The Balaban J connectivity index is 0.00000119. The van der Waals surface area contributed by atoms with Gasteiger partial charge in [0.25, 0.3) is 22.7 Å². The smallest absolute Gasteiger partial charge is 0.408 e. The number of Topliss-reactive ketones (excluding diaryl/α,β-unsaturated/α-hetero) is 2. The van der Waals surface area contributed by atoms with Crippen molar-refractivity contribution in [3.05, 3.63) is 76.9 Å². The molecule has 4 unspecified atom stereocenters. The molecule has 7 amide bonds. The largest absolute Gasteiger partial charge is 0.444 e. The van der Waals surface area contributed by atoms with Crippen LogP contribution in [0.15, 0.2) is 36.4 Å². The number of hydrogen-bond acceptors (Lipinski definition) is 24. The fourth-order valence-electron chi connectivity index (χ4n) is 10.0. The third kappa shape index (κ3) is 46.1. The summed E-state index contributed by atoms with van der Waals surface area (Å²) in [4.78, 5) is 157. The molecule has 0 saturated carbocycles. The fourth-order valence-corrected chi connectivity index (χ4v) is 10.0. The summed E-state index contributed by atoms with van der Waals surface area (Å²) in [7, 11) is 0. The van der Waals surface area contributed by atoms with Crippen LogP contribution in [0.25, 0.3) is 0 Å². The van der Waals surface area contributed by atoms with Crippen LogP contribution in [-0.4, -0.2) is 158 Å². The average Bonchev–Trinajstić information content (AvgIpc) is 0.844. The highest BCUT2D eigenvalue weighted by Gasteiger charge is 2.31. The first-order chi connectivity index (χ1) is 49.7. The van der Waals surface area contributed by atoms with E-state index in [1.165, 1.54) is 24.3 Å². The summed E-state index contributed by atoms with van der Waals surface area (Å²) in [6, 6.07) is 3.14. The summed E-state index contributed by atoms with van der Waals surface area (Å²) in [6.07, 6.45) is 6.76. The van der Waals surface area contributed by atoms with Crippen LogP contribution in [0.4, 0.5) is 58.1 Å². The van der Waals surface area contributed by atoms with E-state index in [0.29, 0.717) is 103 Å². The topological polar surface area (TPSA) is 481 Å². The molecule has 0 aliphatic rings. The van der Waals surface area contributed by atoms with E-state index in [9.17, 15) is 83.6 Å². The van der Waals surface area contributed by atoms with Crippen molar-refractivity contribution in [3.63, 3.8) is 0 Å². The van der Waals surface area contributed by atoms with Gasteiger partial charge in [-0.25, -0.2) is 24.0 Å². The van der Waals surface area contributed by atoms with Gasteiger partial charge in [0.15, 0.2) is 11.6 Å². The lowest BCUT2D eigenvalue weighted by atomic mass is 9.99. The van der Waals surface area contributed by atoms with Crippen LogP contribution >= 0.6 is 0 Å². The SMILES string of the molecule is CC(C)(C)OC(=O)NCCCCC(NC(=O)OC(C)(C)C)C(=O)CCCCCNc1ccc([N+](=O)[O-])cc1[N+](=O)[O-].CCCCCC(NC(=O)OC(C)(C)C)C(=O)NCCCCC(NC(=O)C(CCCCNC(=O)OC(C)(C)C)NC(=O)OC(C)(C)C)C(=O)CCCCCNc1ccc([N+](=O)[O-])cc1[N+](=O)[O-]. The monoisotopic (exact) mass is 1520 g/mol. The Morgan fingerprint density at radius 2 is 0.645 bits per heavy atom. The Morgan fingerprint density at radius 3 is 0.981 bits per heavy atom. The van der Waals surface area contributed by atoms with Crippen LogP contribution in [0.2, 0.25) is 0 Å². The molecule has 0 spiro atoms. The van der Waals surface area contributed by atoms with Gasteiger partial charge in [0.2, 0.25) is 11.8 Å². The highest BCUT2D eigenvalue weighted by molar-refractivity contribution is 5.92. The van der Waals surface area contributed by atoms with Crippen LogP contribution in [-0.2, 0) is 42.9 Å². The van der Waals surface area contributed by atoms with E-state index in [-0.39, 0.29) is 85.5 Å². The number of ketones is 2. The average molecular weight is 1520 g/mol. The molecular formula is C72H119N13O22. The van der Waals surface area contributed by atoms with Crippen molar-refractivity contribution in [1.29, 1.82) is 0 Å². The first-order valence-electron chi connectivity index (χ1n) is 36.6. The molecule has 35 nitrogen and oxygen atoms in total. The summed E-state index contributed by atoms with van der Waals surface area (Å²) in [6.45, 7) is 29.5. The van der Waals surface area contributed by atoms with Crippen molar-refractivity contribution < 1.29 is 86.5 Å². The fraction of sp³-hybridized carbons (Fsp3) is 0.708. The lowest BCUT2D eigenvalue weighted by molar-refractivity contribution is -0.393. The zero-order valence-electron chi connectivity index (χ0n) is 65.4. The number of unbranched alkanes of at least 4 members (excludes halogenated alkanes) is 9. The van der Waals surface area contributed by atoms with Crippen molar-refractivity contribution in [2.24, 2.45) is 0 Å². The number of nitrogens with one attached hydrogen (secondary N) is 9. The second-order valence-electron chi connectivity index (χ2n) is 30.6. The van der Waals surface area contributed by atoms with Crippen molar-refractivity contribution in [2.45, 2.75) is 298 Å². The number of hydrogen-bond donors (Lipinski definition) is 9. The normalized spacial score (nSPS) is 12.6. The van der Waals surface area contributed by atoms with Gasteiger partial charge >= 0.3 is 30.5 Å². The number of benzene rings is 2. The van der Waals surface area contributed by atoms with Gasteiger partial charge in [-0.3, -0.25) is 59.6 Å². The molecule has 2 rings (SSSR count). The Morgan fingerprint density at radius 1 is 0.346 bits per heavy atom. The van der Waals surface area contributed by atoms with E-state index >= 15 is 0 Å². The number of rotatable bonds is 45. The molecule has 0 heterocycles. The van der Waals surface area contributed by atoms with Gasteiger partial charge in [-0.1, -0.05) is 39.0 Å². The number of carbonyl (C=O) groups excluding carboxylic acids is 9. The first kappa shape index (κ1) is 95.3. The lowest BCUT2D eigenvalue weighted by Crippen LogP contribution is -2.52. The summed E-state index contributed by atoms with van der Waals surface area (Å²) >= 11 is 0. The summed E-state index contributed by atoms with van der Waals surface area (Å²) < 4.78 is 26.5. The number of carbonyl (C=O) groups is 9. The zero-order valence-corrected chi connectivity index (χ0v) is 65.4. The Bertz CT molecular complexity index is 3230. The minimum absolute atomic E-state index is 0.0790. The Kier molecular flexibility index (Phi) is 42.5. The predicted octanol–water partition coefficient (Wildman–Crippen LogP) is 13.5. The maximum absolute atomic E-state index is 13.9. The predicted molar refractivity (Wildman–Crippen MR) is 402 cm³/mol. The van der Waals surface area contributed by atoms with Gasteiger partial charge < -0.3 is 71.5 Å². The number of non-ortho nitro benzene ring substituents is 2. The van der Waals surface area contributed by atoms with Gasteiger partial charge in [-0.15, -0.1) is 0 Å². The molecule has 107 heavy (non-hydrogen) atoms. The summed E-state index contributed by atoms with van der Waals surface area (Å²) in [5.41, 5.74) is -4.88. The van der Waals surface area contributed by atoms with Crippen molar-refractivity contribution in [1.82, 2.24) is 37.2 Å². The highest BCUT2D eigenvalue weighted by Crippen LogP contribution is 2.31. The van der Waals surface area contributed by atoms with E-state index in [1.807, 2.05) is 6.92 Å². The molecule has 0 saturated heterocycles. The number of amides is 7. The molecule has 604 valence electrons. The third-order valence-corrected chi connectivity index (χ3v) is 14.9. The minimum Gasteiger partial charge on any atom is -0.444 e. The molecule has 35 heteroatoms. The molecule has 4 atom stereocenters. The quantitative estimate of drug-likeness (QED) is 0.0129. The molecule has 0 aliphatic heterocycles. The molecule has 0 fully saturated rings. The van der Waals surface area contributed by atoms with Crippen molar-refractivity contribution >= 4 is 88.0 Å². The van der Waals surface area contributed by atoms with Gasteiger partial charge in [-0.2, -0.15) is 0 Å². The summed E-state index contributed by atoms with van der Waals surface area (Å²) in [5, 5.41) is 69.6. The molecule has 9 N–H and O–H groups in total. The standard InChI is InChI=1S/C45H76N8O13.C27H43N5O9/c1-11-12-14-22-34(50-41(58)65-44(5,6)7)38(55)47-28-19-16-21-33(37(54)24-15-13-18-27-46-32-26-25-31(52(60)61)30-36(32)53(62)63)49-39(56)35(51-42(59)66-45(8,9)10)23-17-20-29-48-40(57)64-43(2,3)4;1-26(2,3)40-24(34)29-17-11-9-12-21(30-25(35)41-27(4,5)6)23(33)13-8-7-10-16-28-20-15-14-19(31(36)37)18-22(20)32(38)39/h25-26,30,33-35,46H,11-24,27-29H2,1-10H3,(H,47,55)(H,48,57)(H,49,56)(H,50,58)(H,51,59);14-15,18,21,28H,7-13,16-17H2,1-6H3,(H,29,34)(H,30,35). The maximum atomic E-state index is 13.9. The number of nitrogens with zero attached hydrogens (tertiary/aromatic N) is 4. The van der Waals surface area contributed by atoms with Crippen molar-refractivity contribution in [3.8, 4) is 0 Å². The lowest BCUT2D eigenvalue weighted by Gasteiger charge is -2.25. The molecule has 2 aromatic rings. The van der Waals surface area contributed by atoms with Crippen LogP contribution in [0.5, 0.6) is 0 Å².